The molecule has 1 rings (SSSR count). The average molecular weight is 252 g/mol. The molecule has 0 spiro atoms. The quantitative estimate of drug-likeness (QED) is 0.752. The lowest BCUT2D eigenvalue weighted by Gasteiger charge is -2.13. The van der Waals surface area contributed by atoms with Crippen molar-refractivity contribution in [2.45, 2.75) is 25.8 Å². The van der Waals surface area contributed by atoms with Crippen LogP contribution >= 0.6 is 0 Å². The summed E-state index contributed by atoms with van der Waals surface area (Å²) in [6, 6.07) is 5.68. The van der Waals surface area contributed by atoms with Crippen LogP contribution in [0.3, 0.4) is 0 Å². The maximum absolute atomic E-state index is 10.7. The summed E-state index contributed by atoms with van der Waals surface area (Å²) in [4.78, 5) is 10.7. The molecular formula is C13H20N2O3. The van der Waals surface area contributed by atoms with Gasteiger partial charge in [-0.05, 0) is 30.5 Å². The van der Waals surface area contributed by atoms with Crippen LogP contribution < -0.4 is 20.9 Å². The highest BCUT2D eigenvalue weighted by Crippen LogP contribution is 2.28. The molecule has 4 N–H and O–H groups in total. The number of methoxy groups -OCH3 is 1. The van der Waals surface area contributed by atoms with Gasteiger partial charge in [0.05, 0.1) is 7.11 Å². The molecule has 100 valence electrons. The monoisotopic (exact) mass is 252 g/mol. The largest absolute Gasteiger partial charge is 0.493 e. The van der Waals surface area contributed by atoms with E-state index in [4.69, 9.17) is 20.9 Å². The van der Waals surface area contributed by atoms with Crippen LogP contribution in [-0.2, 0) is 11.2 Å². The normalized spacial score (nSPS) is 11.9. The van der Waals surface area contributed by atoms with Crippen LogP contribution in [0.4, 0.5) is 0 Å². The predicted octanol–water partition coefficient (Wildman–Crippen LogP) is 0.839. The maximum Gasteiger partial charge on any atom is 0.255 e. The van der Waals surface area contributed by atoms with E-state index in [0.29, 0.717) is 11.5 Å². The van der Waals surface area contributed by atoms with Gasteiger partial charge in [0.2, 0.25) is 0 Å². The Labute approximate surface area is 107 Å². The third-order valence-electron chi connectivity index (χ3n) is 2.62. The SMILES string of the molecule is CCC(N)Cc1ccc(OC)c(OCC(N)=O)c1. The Morgan fingerprint density at radius 1 is 1.39 bits per heavy atom. The van der Waals surface area contributed by atoms with Crippen LogP contribution in [0.5, 0.6) is 11.5 Å². The van der Waals surface area contributed by atoms with Crippen LogP contribution in [0, 0.1) is 0 Å². The summed E-state index contributed by atoms with van der Waals surface area (Å²) in [5.74, 6) is 0.565. The number of hydrogen-bond acceptors (Lipinski definition) is 4. The van der Waals surface area contributed by atoms with Gasteiger partial charge in [-0.3, -0.25) is 4.79 Å². The van der Waals surface area contributed by atoms with E-state index in [1.807, 2.05) is 19.1 Å². The van der Waals surface area contributed by atoms with Crippen LogP contribution in [0.25, 0.3) is 0 Å². The second-order valence-corrected chi connectivity index (χ2v) is 4.11. The van der Waals surface area contributed by atoms with E-state index in [-0.39, 0.29) is 12.6 Å². The van der Waals surface area contributed by atoms with Crippen molar-refractivity contribution < 1.29 is 14.3 Å². The topological polar surface area (TPSA) is 87.6 Å². The molecule has 0 radical (unpaired) electrons. The molecule has 0 aliphatic carbocycles. The minimum absolute atomic E-state index is 0.113. The van der Waals surface area contributed by atoms with Gasteiger partial charge in [0.15, 0.2) is 18.1 Å². The van der Waals surface area contributed by atoms with Crippen molar-refractivity contribution >= 4 is 5.91 Å². The summed E-state index contributed by atoms with van der Waals surface area (Å²) in [6.07, 6.45) is 1.66. The molecule has 5 nitrogen and oxygen atoms in total. The van der Waals surface area contributed by atoms with Gasteiger partial charge < -0.3 is 20.9 Å². The molecule has 0 saturated carbocycles. The number of hydrogen-bond donors (Lipinski definition) is 2. The standard InChI is InChI=1S/C13H20N2O3/c1-3-10(14)6-9-4-5-11(17-2)12(7-9)18-8-13(15)16/h4-5,7,10H,3,6,8,14H2,1-2H3,(H2,15,16). The minimum atomic E-state index is -0.521. The highest BCUT2D eigenvalue weighted by Gasteiger charge is 2.09. The fourth-order valence-corrected chi connectivity index (χ4v) is 1.56. The van der Waals surface area contributed by atoms with Crippen molar-refractivity contribution in [2.24, 2.45) is 11.5 Å². The van der Waals surface area contributed by atoms with Crippen LogP contribution in [0.15, 0.2) is 18.2 Å². The molecule has 0 aliphatic rings. The molecule has 0 aromatic heterocycles. The van der Waals surface area contributed by atoms with Gasteiger partial charge in [0, 0.05) is 6.04 Å². The Hall–Kier alpha value is -1.75. The van der Waals surface area contributed by atoms with E-state index < -0.39 is 5.91 Å². The number of rotatable bonds is 7. The molecule has 1 amide bonds. The van der Waals surface area contributed by atoms with Gasteiger partial charge in [-0.2, -0.15) is 0 Å². The van der Waals surface area contributed by atoms with Crippen LogP contribution in [-0.4, -0.2) is 25.7 Å². The fraction of sp³-hybridized carbons (Fsp3) is 0.462. The minimum Gasteiger partial charge on any atom is -0.493 e. The Morgan fingerprint density at radius 3 is 2.67 bits per heavy atom. The predicted molar refractivity (Wildman–Crippen MR) is 69.7 cm³/mol. The lowest BCUT2D eigenvalue weighted by atomic mass is 10.0. The molecule has 0 bridgehead atoms. The lowest BCUT2D eigenvalue weighted by Crippen LogP contribution is -2.22. The van der Waals surface area contributed by atoms with Crippen LogP contribution in [0.1, 0.15) is 18.9 Å². The summed E-state index contributed by atoms with van der Waals surface area (Å²) >= 11 is 0. The fourth-order valence-electron chi connectivity index (χ4n) is 1.56. The second kappa shape index (κ2) is 6.86. The molecule has 0 fully saturated rings. The van der Waals surface area contributed by atoms with Crippen molar-refractivity contribution in [3.63, 3.8) is 0 Å². The van der Waals surface area contributed by atoms with E-state index in [2.05, 4.69) is 0 Å². The Kier molecular flexibility index (Phi) is 5.45. The van der Waals surface area contributed by atoms with Crippen molar-refractivity contribution in [3.05, 3.63) is 23.8 Å². The van der Waals surface area contributed by atoms with E-state index in [0.717, 1.165) is 18.4 Å². The van der Waals surface area contributed by atoms with Gasteiger partial charge in [-0.15, -0.1) is 0 Å². The second-order valence-electron chi connectivity index (χ2n) is 4.11. The number of carbonyl (C=O) groups excluding carboxylic acids is 1. The summed E-state index contributed by atoms with van der Waals surface area (Å²) < 4.78 is 10.5. The van der Waals surface area contributed by atoms with E-state index in [9.17, 15) is 4.79 Å². The molecule has 5 heteroatoms. The van der Waals surface area contributed by atoms with E-state index >= 15 is 0 Å². The molecule has 1 atom stereocenters. The lowest BCUT2D eigenvalue weighted by molar-refractivity contribution is -0.119. The van der Waals surface area contributed by atoms with Gasteiger partial charge in [0.1, 0.15) is 0 Å². The molecule has 1 aromatic rings. The molecule has 1 unspecified atom stereocenters. The Morgan fingerprint density at radius 2 is 2.11 bits per heavy atom. The first-order valence-electron chi connectivity index (χ1n) is 5.90. The number of benzene rings is 1. The summed E-state index contributed by atoms with van der Waals surface area (Å²) in [7, 11) is 1.55. The number of amides is 1. The van der Waals surface area contributed by atoms with Crippen molar-refractivity contribution in [3.8, 4) is 11.5 Å². The van der Waals surface area contributed by atoms with E-state index in [1.54, 1.807) is 13.2 Å². The first kappa shape index (κ1) is 14.3. The van der Waals surface area contributed by atoms with Crippen LogP contribution in [0.2, 0.25) is 0 Å². The molecule has 0 aliphatic heterocycles. The third kappa shape index (κ3) is 4.25. The highest BCUT2D eigenvalue weighted by atomic mass is 16.5. The first-order valence-corrected chi connectivity index (χ1v) is 5.90. The van der Waals surface area contributed by atoms with Crippen molar-refractivity contribution in [1.82, 2.24) is 0 Å². The number of primary amides is 1. The zero-order valence-corrected chi connectivity index (χ0v) is 10.8. The van der Waals surface area contributed by atoms with Crippen molar-refractivity contribution in [1.29, 1.82) is 0 Å². The number of nitrogens with two attached hydrogens (primary N) is 2. The van der Waals surface area contributed by atoms with Gasteiger partial charge in [-0.25, -0.2) is 0 Å². The van der Waals surface area contributed by atoms with Crippen molar-refractivity contribution in [2.75, 3.05) is 13.7 Å². The maximum atomic E-state index is 10.7. The molecule has 0 saturated heterocycles. The summed E-state index contributed by atoms with van der Waals surface area (Å²) in [5.41, 5.74) is 12.0. The molecular weight excluding hydrogens is 232 g/mol. The highest BCUT2D eigenvalue weighted by molar-refractivity contribution is 5.75. The zero-order valence-electron chi connectivity index (χ0n) is 10.8. The Bertz CT molecular complexity index is 407. The molecule has 1 aromatic carbocycles. The van der Waals surface area contributed by atoms with Gasteiger partial charge >= 0.3 is 0 Å². The number of ether oxygens (including phenoxy) is 2. The third-order valence-corrected chi connectivity index (χ3v) is 2.62. The first-order chi connectivity index (χ1) is 8.56. The van der Waals surface area contributed by atoms with Gasteiger partial charge in [0.25, 0.3) is 5.91 Å². The van der Waals surface area contributed by atoms with Gasteiger partial charge in [-0.1, -0.05) is 13.0 Å². The number of carbonyl (C=O) groups is 1. The average Bonchev–Trinajstić information content (AvgIpc) is 2.36. The Balaban J connectivity index is 2.83. The molecule has 0 heterocycles. The smallest absolute Gasteiger partial charge is 0.255 e. The summed E-state index contributed by atoms with van der Waals surface area (Å²) in [5, 5.41) is 0. The molecule has 18 heavy (non-hydrogen) atoms. The van der Waals surface area contributed by atoms with E-state index in [1.165, 1.54) is 0 Å². The zero-order chi connectivity index (χ0) is 13.5. The summed E-state index contributed by atoms with van der Waals surface area (Å²) in [6.45, 7) is 1.87.